The van der Waals surface area contributed by atoms with E-state index in [2.05, 4.69) is 12.1 Å². The molecule has 0 spiro atoms. The van der Waals surface area contributed by atoms with E-state index in [0.29, 0.717) is 0 Å². The number of rotatable bonds is 4. The SMILES string of the molecule is CC(C)=CC(O)CSc1ccccc1. The van der Waals surface area contributed by atoms with E-state index in [-0.39, 0.29) is 6.10 Å². The molecule has 0 amide bonds. The lowest BCUT2D eigenvalue weighted by Crippen LogP contribution is -2.05. The highest BCUT2D eigenvalue weighted by atomic mass is 32.2. The predicted octanol–water partition coefficient (Wildman–Crippen LogP) is 3.11. The van der Waals surface area contributed by atoms with Crippen LogP contribution in [0.15, 0.2) is 46.9 Å². The Hall–Kier alpha value is -0.730. The molecule has 0 fully saturated rings. The second-order valence-corrected chi connectivity index (χ2v) is 4.53. The van der Waals surface area contributed by atoms with Crippen molar-refractivity contribution in [3.05, 3.63) is 42.0 Å². The van der Waals surface area contributed by atoms with Crippen molar-refractivity contribution in [1.82, 2.24) is 0 Å². The zero-order chi connectivity index (χ0) is 10.4. The van der Waals surface area contributed by atoms with Gasteiger partial charge in [0.05, 0.1) is 6.10 Å². The van der Waals surface area contributed by atoms with E-state index < -0.39 is 0 Å². The number of hydrogen-bond donors (Lipinski definition) is 1. The molecule has 0 heterocycles. The third-order valence-electron chi connectivity index (χ3n) is 1.69. The summed E-state index contributed by atoms with van der Waals surface area (Å²) in [6.45, 7) is 3.99. The maximum Gasteiger partial charge on any atom is 0.0817 e. The molecular formula is C12H16OS. The molecule has 1 unspecified atom stereocenters. The molecule has 0 saturated carbocycles. The number of hydrogen-bond acceptors (Lipinski definition) is 2. The molecule has 1 N–H and O–H groups in total. The number of benzene rings is 1. The monoisotopic (exact) mass is 208 g/mol. The van der Waals surface area contributed by atoms with Crippen LogP contribution in [-0.4, -0.2) is 17.0 Å². The summed E-state index contributed by atoms with van der Waals surface area (Å²) in [7, 11) is 0. The van der Waals surface area contributed by atoms with Crippen LogP contribution in [0.25, 0.3) is 0 Å². The van der Waals surface area contributed by atoms with E-state index in [1.165, 1.54) is 4.90 Å². The van der Waals surface area contributed by atoms with Crippen LogP contribution in [0.1, 0.15) is 13.8 Å². The maximum atomic E-state index is 9.58. The van der Waals surface area contributed by atoms with Crippen molar-refractivity contribution in [3.63, 3.8) is 0 Å². The van der Waals surface area contributed by atoms with Gasteiger partial charge >= 0.3 is 0 Å². The zero-order valence-electron chi connectivity index (χ0n) is 8.60. The number of aliphatic hydroxyl groups excluding tert-OH is 1. The molecule has 1 aromatic rings. The summed E-state index contributed by atoms with van der Waals surface area (Å²) in [4.78, 5) is 1.20. The van der Waals surface area contributed by atoms with Gasteiger partial charge < -0.3 is 5.11 Å². The van der Waals surface area contributed by atoms with Crippen LogP contribution in [0.4, 0.5) is 0 Å². The highest BCUT2D eigenvalue weighted by Crippen LogP contribution is 2.18. The highest BCUT2D eigenvalue weighted by molar-refractivity contribution is 7.99. The topological polar surface area (TPSA) is 20.2 Å². The first-order valence-corrected chi connectivity index (χ1v) is 5.68. The fourth-order valence-corrected chi connectivity index (χ4v) is 1.94. The first-order chi connectivity index (χ1) is 6.68. The van der Waals surface area contributed by atoms with Crippen LogP contribution >= 0.6 is 11.8 Å². The maximum absolute atomic E-state index is 9.58. The molecule has 2 heteroatoms. The van der Waals surface area contributed by atoms with Crippen LogP contribution in [0, 0.1) is 0 Å². The minimum absolute atomic E-state index is 0.342. The molecule has 1 atom stereocenters. The Morgan fingerprint density at radius 3 is 2.57 bits per heavy atom. The number of allylic oxidation sites excluding steroid dienone is 1. The van der Waals surface area contributed by atoms with Crippen molar-refractivity contribution in [2.24, 2.45) is 0 Å². The lowest BCUT2D eigenvalue weighted by atomic mass is 10.2. The van der Waals surface area contributed by atoms with E-state index in [9.17, 15) is 5.11 Å². The van der Waals surface area contributed by atoms with Crippen LogP contribution in [0.5, 0.6) is 0 Å². The van der Waals surface area contributed by atoms with Gasteiger partial charge in [0.2, 0.25) is 0 Å². The Morgan fingerprint density at radius 1 is 1.36 bits per heavy atom. The minimum Gasteiger partial charge on any atom is -0.388 e. The summed E-state index contributed by atoms with van der Waals surface area (Å²) in [6.07, 6.45) is 1.54. The molecule has 0 aliphatic carbocycles. The molecule has 0 saturated heterocycles. The van der Waals surface area contributed by atoms with Crippen LogP contribution < -0.4 is 0 Å². The predicted molar refractivity (Wildman–Crippen MR) is 62.6 cm³/mol. The standard InChI is InChI=1S/C12H16OS/c1-10(2)8-11(13)9-14-12-6-4-3-5-7-12/h3-8,11,13H,9H2,1-2H3. The lowest BCUT2D eigenvalue weighted by molar-refractivity contribution is 0.247. The van der Waals surface area contributed by atoms with E-state index in [4.69, 9.17) is 0 Å². The minimum atomic E-state index is -0.342. The van der Waals surface area contributed by atoms with Crippen LogP contribution in [0.3, 0.4) is 0 Å². The molecule has 0 aliphatic rings. The summed E-state index contributed by atoms with van der Waals surface area (Å²) in [5.41, 5.74) is 1.16. The smallest absolute Gasteiger partial charge is 0.0817 e. The summed E-state index contributed by atoms with van der Waals surface area (Å²) < 4.78 is 0. The van der Waals surface area contributed by atoms with E-state index >= 15 is 0 Å². The average Bonchev–Trinajstić information content (AvgIpc) is 2.15. The number of thioether (sulfide) groups is 1. The molecule has 0 bridgehead atoms. The van der Waals surface area contributed by atoms with Gasteiger partial charge in [-0.3, -0.25) is 0 Å². The third-order valence-corrected chi connectivity index (χ3v) is 2.80. The Kier molecular flexibility index (Phi) is 4.77. The molecule has 76 valence electrons. The normalized spacial score (nSPS) is 12.2. The molecule has 1 rings (SSSR count). The summed E-state index contributed by atoms with van der Waals surface area (Å²) >= 11 is 1.68. The molecular weight excluding hydrogens is 192 g/mol. The molecule has 1 aromatic carbocycles. The summed E-state index contributed by atoms with van der Waals surface area (Å²) in [6, 6.07) is 10.1. The van der Waals surface area contributed by atoms with Crippen molar-refractivity contribution in [3.8, 4) is 0 Å². The number of aliphatic hydroxyl groups is 1. The molecule has 0 aromatic heterocycles. The van der Waals surface area contributed by atoms with Crippen molar-refractivity contribution < 1.29 is 5.11 Å². The van der Waals surface area contributed by atoms with Gasteiger partial charge in [-0.15, -0.1) is 11.8 Å². The Labute approximate surface area is 89.8 Å². The van der Waals surface area contributed by atoms with E-state index in [0.717, 1.165) is 11.3 Å². The van der Waals surface area contributed by atoms with Crippen LogP contribution in [0.2, 0.25) is 0 Å². The Balaban J connectivity index is 2.38. The van der Waals surface area contributed by atoms with E-state index in [1.54, 1.807) is 11.8 Å². The Morgan fingerprint density at radius 2 is 2.00 bits per heavy atom. The highest BCUT2D eigenvalue weighted by Gasteiger charge is 2.00. The second-order valence-electron chi connectivity index (χ2n) is 3.44. The van der Waals surface area contributed by atoms with E-state index in [1.807, 2.05) is 38.1 Å². The summed E-state index contributed by atoms with van der Waals surface area (Å²) in [5, 5.41) is 9.58. The molecule has 0 aliphatic heterocycles. The first kappa shape index (κ1) is 11.3. The quantitative estimate of drug-likeness (QED) is 0.606. The van der Waals surface area contributed by atoms with Gasteiger partial charge in [0, 0.05) is 10.6 Å². The van der Waals surface area contributed by atoms with Gasteiger partial charge in [-0.25, -0.2) is 0 Å². The van der Waals surface area contributed by atoms with Gasteiger partial charge in [0.25, 0.3) is 0 Å². The van der Waals surface area contributed by atoms with Crippen molar-refractivity contribution in [2.75, 3.05) is 5.75 Å². The van der Waals surface area contributed by atoms with Gasteiger partial charge in [-0.2, -0.15) is 0 Å². The zero-order valence-corrected chi connectivity index (χ0v) is 9.42. The fourth-order valence-electron chi connectivity index (χ4n) is 1.13. The fraction of sp³-hybridized carbons (Fsp3) is 0.333. The second kappa shape index (κ2) is 5.89. The molecule has 0 radical (unpaired) electrons. The van der Waals surface area contributed by atoms with Crippen molar-refractivity contribution >= 4 is 11.8 Å². The van der Waals surface area contributed by atoms with Gasteiger partial charge in [-0.05, 0) is 26.0 Å². The lowest BCUT2D eigenvalue weighted by Gasteiger charge is -2.05. The largest absolute Gasteiger partial charge is 0.388 e. The van der Waals surface area contributed by atoms with Gasteiger partial charge in [-0.1, -0.05) is 29.8 Å². The van der Waals surface area contributed by atoms with Gasteiger partial charge in [0.15, 0.2) is 0 Å². The van der Waals surface area contributed by atoms with Crippen molar-refractivity contribution in [2.45, 2.75) is 24.8 Å². The summed E-state index contributed by atoms with van der Waals surface area (Å²) in [5.74, 6) is 0.717. The molecule has 1 nitrogen and oxygen atoms in total. The average molecular weight is 208 g/mol. The molecule has 14 heavy (non-hydrogen) atoms. The first-order valence-electron chi connectivity index (χ1n) is 4.69. The van der Waals surface area contributed by atoms with Gasteiger partial charge in [0.1, 0.15) is 0 Å². The van der Waals surface area contributed by atoms with Crippen LogP contribution in [-0.2, 0) is 0 Å². The third kappa shape index (κ3) is 4.49. The Bertz CT molecular complexity index is 288. The van der Waals surface area contributed by atoms with Crippen molar-refractivity contribution in [1.29, 1.82) is 0 Å².